The van der Waals surface area contributed by atoms with E-state index >= 15 is 0 Å². The Hall–Kier alpha value is -1.29. The second-order valence-electron chi connectivity index (χ2n) is 3.89. The first-order valence-corrected chi connectivity index (χ1v) is 5.28. The van der Waals surface area contributed by atoms with Crippen LogP contribution in [0, 0.1) is 5.92 Å². The Morgan fingerprint density at radius 2 is 2.53 bits per heavy atom. The van der Waals surface area contributed by atoms with Crippen molar-refractivity contribution in [1.82, 2.24) is 4.98 Å². The summed E-state index contributed by atoms with van der Waals surface area (Å²) in [5, 5.41) is 0. The van der Waals surface area contributed by atoms with Gasteiger partial charge in [0.25, 0.3) is 0 Å². The minimum Gasteiger partial charge on any atom is -0.481 e. The smallest absolute Gasteiger partial charge is 0.214 e. The molecule has 1 fully saturated rings. The van der Waals surface area contributed by atoms with E-state index in [4.69, 9.17) is 10.5 Å². The predicted octanol–water partition coefficient (Wildman–Crippen LogP) is 0.875. The minimum atomic E-state index is 0.629. The van der Waals surface area contributed by atoms with Crippen molar-refractivity contribution in [1.29, 1.82) is 0 Å². The highest BCUT2D eigenvalue weighted by atomic mass is 16.5. The van der Waals surface area contributed by atoms with Gasteiger partial charge in [0.05, 0.1) is 7.11 Å². The topological polar surface area (TPSA) is 51.4 Å². The van der Waals surface area contributed by atoms with Gasteiger partial charge in [0.15, 0.2) is 0 Å². The van der Waals surface area contributed by atoms with Gasteiger partial charge in [-0.2, -0.15) is 0 Å². The van der Waals surface area contributed by atoms with Gasteiger partial charge in [-0.05, 0) is 24.9 Å². The van der Waals surface area contributed by atoms with Crippen LogP contribution in [0.5, 0.6) is 5.88 Å². The monoisotopic (exact) mass is 207 g/mol. The molecule has 2 heterocycles. The first-order chi connectivity index (χ1) is 7.33. The number of pyridine rings is 1. The lowest BCUT2D eigenvalue weighted by Crippen LogP contribution is -2.22. The number of rotatable bonds is 3. The summed E-state index contributed by atoms with van der Waals surface area (Å²) < 4.78 is 5.11. The molecule has 4 heteroatoms. The molecular weight excluding hydrogens is 190 g/mol. The van der Waals surface area contributed by atoms with E-state index < -0.39 is 0 Å². The van der Waals surface area contributed by atoms with Gasteiger partial charge in [0, 0.05) is 31.0 Å². The quantitative estimate of drug-likeness (QED) is 0.799. The first-order valence-electron chi connectivity index (χ1n) is 5.28. The zero-order valence-electron chi connectivity index (χ0n) is 9.02. The molecule has 1 aromatic heterocycles. The zero-order chi connectivity index (χ0) is 10.7. The summed E-state index contributed by atoms with van der Waals surface area (Å²) in [5.74, 6) is 1.30. The number of aromatic nitrogens is 1. The van der Waals surface area contributed by atoms with Crippen LogP contribution in [-0.4, -0.2) is 31.7 Å². The van der Waals surface area contributed by atoms with Crippen molar-refractivity contribution in [3.05, 3.63) is 18.3 Å². The molecule has 2 N–H and O–H groups in total. The second-order valence-corrected chi connectivity index (χ2v) is 3.89. The first kappa shape index (κ1) is 10.2. The molecule has 1 aliphatic heterocycles. The molecule has 1 aliphatic rings. The van der Waals surface area contributed by atoms with Crippen LogP contribution >= 0.6 is 0 Å². The summed E-state index contributed by atoms with van der Waals surface area (Å²) >= 11 is 0. The third kappa shape index (κ3) is 2.21. The van der Waals surface area contributed by atoms with Crippen LogP contribution < -0.4 is 15.4 Å². The van der Waals surface area contributed by atoms with E-state index in [1.54, 1.807) is 13.3 Å². The Bertz CT molecular complexity index is 329. The molecule has 0 saturated carbocycles. The van der Waals surface area contributed by atoms with Crippen molar-refractivity contribution in [2.75, 3.05) is 31.6 Å². The molecule has 1 aromatic rings. The fourth-order valence-electron chi connectivity index (χ4n) is 1.97. The fourth-order valence-corrected chi connectivity index (χ4v) is 1.97. The van der Waals surface area contributed by atoms with Crippen LogP contribution in [-0.2, 0) is 0 Å². The Morgan fingerprint density at radius 1 is 1.67 bits per heavy atom. The van der Waals surface area contributed by atoms with Gasteiger partial charge in [0.2, 0.25) is 5.88 Å². The van der Waals surface area contributed by atoms with Crippen LogP contribution in [0.25, 0.3) is 0 Å². The molecule has 4 nitrogen and oxygen atoms in total. The molecule has 15 heavy (non-hydrogen) atoms. The van der Waals surface area contributed by atoms with Crippen LogP contribution in [0.15, 0.2) is 18.3 Å². The highest BCUT2D eigenvalue weighted by molar-refractivity contribution is 5.48. The molecule has 0 amide bonds. The summed E-state index contributed by atoms with van der Waals surface area (Å²) in [6, 6.07) is 3.99. The Morgan fingerprint density at radius 3 is 3.20 bits per heavy atom. The summed E-state index contributed by atoms with van der Waals surface area (Å²) in [7, 11) is 1.64. The predicted molar refractivity (Wildman–Crippen MR) is 60.2 cm³/mol. The SMILES string of the molecule is COc1cc(N2CCC(CN)C2)ccn1. The summed E-state index contributed by atoms with van der Waals surface area (Å²) in [6.07, 6.45) is 2.96. The van der Waals surface area contributed by atoms with Crippen LogP contribution in [0.3, 0.4) is 0 Å². The summed E-state index contributed by atoms with van der Waals surface area (Å²) in [5.41, 5.74) is 6.84. The van der Waals surface area contributed by atoms with Gasteiger partial charge in [-0.25, -0.2) is 4.98 Å². The van der Waals surface area contributed by atoms with Crippen molar-refractivity contribution in [3.63, 3.8) is 0 Å². The highest BCUT2D eigenvalue weighted by Gasteiger charge is 2.21. The fraction of sp³-hybridized carbons (Fsp3) is 0.545. The van der Waals surface area contributed by atoms with Crippen LogP contribution in [0.1, 0.15) is 6.42 Å². The highest BCUT2D eigenvalue weighted by Crippen LogP contribution is 2.24. The average Bonchev–Trinajstić information content (AvgIpc) is 2.78. The molecule has 1 atom stereocenters. The molecule has 1 saturated heterocycles. The largest absolute Gasteiger partial charge is 0.481 e. The van der Waals surface area contributed by atoms with Gasteiger partial charge < -0.3 is 15.4 Å². The van der Waals surface area contributed by atoms with E-state index in [0.29, 0.717) is 11.8 Å². The van der Waals surface area contributed by atoms with E-state index in [2.05, 4.69) is 9.88 Å². The molecule has 0 aliphatic carbocycles. The Labute approximate surface area is 90.0 Å². The zero-order valence-corrected chi connectivity index (χ0v) is 9.02. The van der Waals surface area contributed by atoms with Crippen molar-refractivity contribution < 1.29 is 4.74 Å². The minimum absolute atomic E-state index is 0.629. The maximum atomic E-state index is 5.67. The number of methoxy groups -OCH3 is 1. The van der Waals surface area contributed by atoms with Gasteiger partial charge in [-0.1, -0.05) is 0 Å². The lowest BCUT2D eigenvalue weighted by molar-refractivity contribution is 0.398. The standard InChI is InChI=1S/C11H17N3O/c1-15-11-6-10(2-4-13-11)14-5-3-9(7-12)8-14/h2,4,6,9H,3,5,7-8,12H2,1H3. The van der Waals surface area contributed by atoms with Crippen molar-refractivity contribution >= 4 is 5.69 Å². The molecule has 0 bridgehead atoms. The van der Waals surface area contributed by atoms with Crippen molar-refractivity contribution in [2.45, 2.75) is 6.42 Å². The maximum Gasteiger partial charge on any atom is 0.214 e. The van der Waals surface area contributed by atoms with Crippen molar-refractivity contribution in [2.24, 2.45) is 11.7 Å². The van der Waals surface area contributed by atoms with Gasteiger partial charge >= 0.3 is 0 Å². The lowest BCUT2D eigenvalue weighted by atomic mass is 10.1. The number of anilines is 1. The summed E-state index contributed by atoms with van der Waals surface area (Å²) in [6.45, 7) is 2.90. The summed E-state index contributed by atoms with van der Waals surface area (Å²) in [4.78, 5) is 6.43. The molecule has 0 spiro atoms. The average molecular weight is 207 g/mol. The second kappa shape index (κ2) is 4.49. The maximum absolute atomic E-state index is 5.67. The van der Waals surface area contributed by atoms with Crippen LogP contribution in [0.4, 0.5) is 5.69 Å². The number of nitrogens with zero attached hydrogens (tertiary/aromatic N) is 2. The van der Waals surface area contributed by atoms with Crippen LogP contribution in [0.2, 0.25) is 0 Å². The van der Waals surface area contributed by atoms with Gasteiger partial charge in [-0.15, -0.1) is 0 Å². The molecule has 2 rings (SSSR count). The number of hydrogen-bond acceptors (Lipinski definition) is 4. The van der Waals surface area contributed by atoms with E-state index in [9.17, 15) is 0 Å². The van der Waals surface area contributed by atoms with Gasteiger partial charge in [-0.3, -0.25) is 0 Å². The lowest BCUT2D eigenvalue weighted by Gasteiger charge is -2.18. The van der Waals surface area contributed by atoms with E-state index in [-0.39, 0.29) is 0 Å². The Kier molecular flexibility index (Phi) is 3.06. The Balaban J connectivity index is 2.09. The molecule has 82 valence electrons. The van der Waals surface area contributed by atoms with E-state index in [1.165, 1.54) is 12.1 Å². The molecule has 1 unspecified atom stereocenters. The third-order valence-electron chi connectivity index (χ3n) is 2.91. The number of ether oxygens (including phenoxy) is 1. The molecule has 0 aromatic carbocycles. The molecular formula is C11H17N3O. The van der Waals surface area contributed by atoms with Gasteiger partial charge in [0.1, 0.15) is 0 Å². The third-order valence-corrected chi connectivity index (χ3v) is 2.91. The normalized spacial score (nSPS) is 20.7. The number of hydrogen-bond donors (Lipinski definition) is 1. The number of nitrogens with two attached hydrogens (primary N) is 1. The van der Waals surface area contributed by atoms with E-state index in [1.807, 2.05) is 12.1 Å². The van der Waals surface area contributed by atoms with E-state index in [0.717, 1.165) is 19.6 Å². The molecule has 0 radical (unpaired) electrons. The van der Waals surface area contributed by atoms with Crippen molar-refractivity contribution in [3.8, 4) is 5.88 Å².